The molecule has 1 aromatic rings. The number of hydrogen-bond acceptors (Lipinski definition) is 3. The molecular formula is C14H23NS2. The summed E-state index contributed by atoms with van der Waals surface area (Å²) < 4.78 is 0.513. The monoisotopic (exact) mass is 269 g/mol. The largest absolute Gasteiger partial charge is 0.308 e. The highest BCUT2D eigenvalue weighted by Crippen LogP contribution is 2.40. The van der Waals surface area contributed by atoms with Gasteiger partial charge < -0.3 is 5.32 Å². The van der Waals surface area contributed by atoms with Gasteiger partial charge in [0.2, 0.25) is 0 Å². The molecule has 1 nitrogen and oxygen atoms in total. The van der Waals surface area contributed by atoms with Crippen molar-refractivity contribution in [1.82, 2.24) is 5.32 Å². The molecule has 1 heterocycles. The summed E-state index contributed by atoms with van der Waals surface area (Å²) in [6.07, 6.45) is 7.87. The molecule has 2 rings (SSSR count). The van der Waals surface area contributed by atoms with Gasteiger partial charge in [0, 0.05) is 22.2 Å². The van der Waals surface area contributed by atoms with Crippen LogP contribution in [0.15, 0.2) is 11.4 Å². The lowest BCUT2D eigenvalue weighted by molar-refractivity contribution is 0.489. The van der Waals surface area contributed by atoms with Crippen molar-refractivity contribution >= 4 is 23.1 Å². The van der Waals surface area contributed by atoms with Crippen LogP contribution in [-0.2, 0) is 0 Å². The Labute approximate surface area is 113 Å². The number of nitrogens with one attached hydrogen (secondary N) is 1. The summed E-state index contributed by atoms with van der Waals surface area (Å²) in [4.78, 5) is 1.50. The van der Waals surface area contributed by atoms with Gasteiger partial charge in [-0.25, -0.2) is 0 Å². The van der Waals surface area contributed by atoms with Crippen molar-refractivity contribution in [2.45, 2.75) is 50.3 Å². The van der Waals surface area contributed by atoms with Crippen molar-refractivity contribution in [3.05, 3.63) is 21.9 Å². The van der Waals surface area contributed by atoms with Crippen molar-refractivity contribution in [3.63, 3.8) is 0 Å². The van der Waals surface area contributed by atoms with Gasteiger partial charge in [0.1, 0.15) is 0 Å². The Balaban J connectivity index is 1.91. The third-order valence-electron chi connectivity index (χ3n) is 3.97. The fraction of sp³-hybridized carbons (Fsp3) is 0.714. The molecule has 17 heavy (non-hydrogen) atoms. The highest BCUT2D eigenvalue weighted by molar-refractivity contribution is 8.00. The second-order valence-electron chi connectivity index (χ2n) is 5.16. The zero-order valence-corrected chi connectivity index (χ0v) is 12.7. The minimum atomic E-state index is 0.500. The predicted molar refractivity (Wildman–Crippen MR) is 80.2 cm³/mol. The molecule has 3 heteroatoms. The maximum Gasteiger partial charge on any atom is 0.0389 e. The molecule has 1 aliphatic rings. The van der Waals surface area contributed by atoms with Crippen molar-refractivity contribution in [2.24, 2.45) is 0 Å². The number of hydrogen-bond donors (Lipinski definition) is 1. The molecule has 1 aliphatic carbocycles. The number of rotatable bonds is 5. The second kappa shape index (κ2) is 5.77. The highest BCUT2D eigenvalue weighted by Gasteiger charge is 2.33. The number of thioether (sulfide) groups is 1. The van der Waals surface area contributed by atoms with Crippen LogP contribution in [0.1, 0.15) is 49.1 Å². The normalized spacial score (nSPS) is 20.6. The van der Waals surface area contributed by atoms with E-state index in [4.69, 9.17) is 0 Å². The summed E-state index contributed by atoms with van der Waals surface area (Å²) >= 11 is 3.94. The van der Waals surface area contributed by atoms with Crippen molar-refractivity contribution in [1.29, 1.82) is 0 Å². The van der Waals surface area contributed by atoms with E-state index in [9.17, 15) is 0 Å². The maximum atomic E-state index is 3.75. The summed E-state index contributed by atoms with van der Waals surface area (Å²) in [6, 6.07) is 2.72. The summed E-state index contributed by atoms with van der Waals surface area (Å²) in [5.41, 5.74) is 1.43. The molecule has 0 saturated heterocycles. The molecule has 0 aromatic carbocycles. The fourth-order valence-corrected chi connectivity index (χ4v) is 4.62. The second-order valence-corrected chi connectivity index (χ2v) is 7.39. The third kappa shape index (κ3) is 3.07. The molecule has 1 saturated carbocycles. The van der Waals surface area contributed by atoms with Crippen LogP contribution < -0.4 is 5.32 Å². The van der Waals surface area contributed by atoms with Gasteiger partial charge in [-0.1, -0.05) is 12.8 Å². The van der Waals surface area contributed by atoms with E-state index in [2.05, 4.69) is 48.6 Å². The van der Waals surface area contributed by atoms with E-state index in [1.807, 2.05) is 11.3 Å². The Morgan fingerprint density at radius 3 is 2.71 bits per heavy atom. The zero-order valence-electron chi connectivity index (χ0n) is 11.1. The first-order valence-corrected chi connectivity index (χ1v) is 8.60. The minimum Gasteiger partial charge on any atom is -0.308 e. The molecule has 1 unspecified atom stereocenters. The molecular weight excluding hydrogens is 246 g/mol. The molecule has 96 valence electrons. The Bertz CT molecular complexity index is 353. The summed E-state index contributed by atoms with van der Waals surface area (Å²) in [6.45, 7) is 5.67. The average Bonchev–Trinajstić information content (AvgIpc) is 2.95. The van der Waals surface area contributed by atoms with Crippen LogP contribution in [0.5, 0.6) is 0 Å². The van der Waals surface area contributed by atoms with E-state index in [0.29, 0.717) is 10.8 Å². The van der Waals surface area contributed by atoms with Gasteiger partial charge in [0.05, 0.1) is 0 Å². The Morgan fingerprint density at radius 2 is 2.18 bits per heavy atom. The van der Waals surface area contributed by atoms with E-state index < -0.39 is 0 Å². The third-order valence-corrected chi connectivity index (χ3v) is 6.59. The highest BCUT2D eigenvalue weighted by atomic mass is 32.2. The van der Waals surface area contributed by atoms with E-state index >= 15 is 0 Å². The van der Waals surface area contributed by atoms with Gasteiger partial charge in [-0.2, -0.15) is 11.8 Å². The van der Waals surface area contributed by atoms with Gasteiger partial charge in [-0.05, 0) is 50.0 Å². The predicted octanol–water partition coefficient (Wildman–Crippen LogP) is 4.38. The Hall–Kier alpha value is 0.0100. The van der Waals surface area contributed by atoms with Crippen LogP contribution in [0.2, 0.25) is 0 Å². The van der Waals surface area contributed by atoms with Crippen LogP contribution in [0, 0.1) is 6.92 Å². The molecule has 0 spiro atoms. The topological polar surface area (TPSA) is 12.0 Å². The molecule has 1 fully saturated rings. The lowest BCUT2D eigenvalue weighted by atomic mass is 10.1. The first kappa shape index (κ1) is 13.4. The van der Waals surface area contributed by atoms with Crippen LogP contribution in [0.4, 0.5) is 0 Å². The quantitative estimate of drug-likeness (QED) is 0.851. The van der Waals surface area contributed by atoms with E-state index in [1.54, 1.807) is 0 Å². The van der Waals surface area contributed by atoms with Gasteiger partial charge in [0.25, 0.3) is 0 Å². The van der Waals surface area contributed by atoms with Crippen LogP contribution in [-0.4, -0.2) is 17.5 Å². The lowest BCUT2D eigenvalue weighted by Crippen LogP contribution is -2.36. The van der Waals surface area contributed by atoms with Crippen molar-refractivity contribution < 1.29 is 0 Å². The smallest absolute Gasteiger partial charge is 0.0389 e. The Kier molecular flexibility index (Phi) is 4.56. The van der Waals surface area contributed by atoms with E-state index in [1.165, 1.54) is 36.1 Å². The van der Waals surface area contributed by atoms with Crippen molar-refractivity contribution in [2.75, 3.05) is 12.8 Å². The van der Waals surface area contributed by atoms with Gasteiger partial charge in [-0.3, -0.25) is 0 Å². The minimum absolute atomic E-state index is 0.500. The standard InChI is InChI=1S/C14H23NS2/c1-11-6-9-17-13(11)12(2)15-10-14(16-3)7-4-5-8-14/h6,9,12,15H,4-5,7-8,10H2,1-3H3. The average molecular weight is 269 g/mol. The zero-order chi connectivity index (χ0) is 12.3. The van der Waals surface area contributed by atoms with Gasteiger partial charge in [0.15, 0.2) is 0 Å². The van der Waals surface area contributed by atoms with Gasteiger partial charge >= 0.3 is 0 Å². The van der Waals surface area contributed by atoms with Crippen LogP contribution in [0.25, 0.3) is 0 Å². The van der Waals surface area contributed by atoms with E-state index in [-0.39, 0.29) is 0 Å². The molecule has 0 radical (unpaired) electrons. The summed E-state index contributed by atoms with van der Waals surface area (Å²) in [5, 5.41) is 5.95. The first-order valence-electron chi connectivity index (χ1n) is 6.49. The summed E-state index contributed by atoms with van der Waals surface area (Å²) in [7, 11) is 0. The van der Waals surface area contributed by atoms with Crippen molar-refractivity contribution in [3.8, 4) is 0 Å². The SMILES string of the molecule is CSC1(CNC(C)c2sccc2C)CCCC1. The van der Waals surface area contributed by atoms with E-state index in [0.717, 1.165) is 6.54 Å². The Morgan fingerprint density at radius 1 is 1.47 bits per heavy atom. The maximum absolute atomic E-state index is 3.75. The van der Waals surface area contributed by atoms with Crippen LogP contribution in [0.3, 0.4) is 0 Å². The van der Waals surface area contributed by atoms with Crippen LogP contribution >= 0.6 is 23.1 Å². The number of thiophene rings is 1. The fourth-order valence-electron chi connectivity index (χ4n) is 2.73. The van der Waals surface area contributed by atoms with Gasteiger partial charge in [-0.15, -0.1) is 11.3 Å². The molecule has 0 aliphatic heterocycles. The number of aryl methyl sites for hydroxylation is 1. The lowest BCUT2D eigenvalue weighted by Gasteiger charge is -2.29. The molecule has 0 amide bonds. The first-order chi connectivity index (χ1) is 8.17. The summed E-state index contributed by atoms with van der Waals surface area (Å²) in [5.74, 6) is 0. The molecule has 1 aromatic heterocycles. The molecule has 1 atom stereocenters. The molecule has 0 bridgehead atoms. The molecule has 1 N–H and O–H groups in total.